The number of piperazine rings is 1. The van der Waals surface area contributed by atoms with Crippen molar-refractivity contribution in [1.29, 1.82) is 0 Å². The van der Waals surface area contributed by atoms with Gasteiger partial charge < -0.3 is 19.9 Å². The number of ether oxygens (including phenoxy) is 1. The van der Waals surface area contributed by atoms with Crippen LogP contribution in [0, 0.1) is 0 Å². The molecule has 1 N–H and O–H groups in total. The van der Waals surface area contributed by atoms with Gasteiger partial charge in [0.2, 0.25) is 0 Å². The molecule has 1 aliphatic rings. The topological polar surface area (TPSA) is 74.8 Å². The molecule has 0 aliphatic carbocycles. The van der Waals surface area contributed by atoms with E-state index in [9.17, 15) is 9.59 Å². The van der Waals surface area contributed by atoms with E-state index >= 15 is 0 Å². The summed E-state index contributed by atoms with van der Waals surface area (Å²) < 4.78 is 5.74. The Bertz CT molecular complexity index is 803. The predicted octanol–water partition coefficient (Wildman–Crippen LogP) is 4.03. The number of pyridine rings is 1. The van der Waals surface area contributed by atoms with Crippen LogP contribution in [-0.2, 0) is 0 Å². The van der Waals surface area contributed by atoms with Crippen molar-refractivity contribution in [2.24, 2.45) is 0 Å². The number of hydrogen-bond acceptors (Lipinski definition) is 4. The van der Waals surface area contributed by atoms with Crippen molar-refractivity contribution in [2.45, 2.75) is 32.6 Å². The number of nitrogens with zero attached hydrogens (tertiary/aromatic N) is 3. The number of carbonyl (C=O) groups excluding carboxylic acids is 2. The Labute approximate surface area is 178 Å². The predicted molar refractivity (Wildman–Crippen MR) is 117 cm³/mol. The molecule has 0 spiro atoms. The summed E-state index contributed by atoms with van der Waals surface area (Å²) in [6, 6.07) is 10.7. The lowest BCUT2D eigenvalue weighted by Gasteiger charge is -2.34. The van der Waals surface area contributed by atoms with Crippen molar-refractivity contribution in [3.05, 3.63) is 54.4 Å². The fourth-order valence-electron chi connectivity index (χ4n) is 3.35. The van der Waals surface area contributed by atoms with Crippen LogP contribution >= 0.6 is 0 Å². The Balaban J connectivity index is 1.44. The standard InChI is InChI=1S/C23H30N4O3/c1-2-3-4-5-17-30-21-10-8-19(9-11-21)22(28)26-13-15-27(16-14-26)23(29)25-20-7-6-12-24-18-20/h6-12,18H,2-5,13-17H2,1H3,(H,25,29). The summed E-state index contributed by atoms with van der Waals surface area (Å²) in [6.07, 6.45) is 7.93. The van der Waals surface area contributed by atoms with Crippen molar-refractivity contribution in [3.8, 4) is 5.75 Å². The average Bonchev–Trinajstić information content (AvgIpc) is 2.80. The number of nitrogens with one attached hydrogen (secondary N) is 1. The number of amides is 3. The normalized spacial score (nSPS) is 13.8. The molecule has 3 rings (SSSR count). The zero-order chi connectivity index (χ0) is 21.2. The van der Waals surface area contributed by atoms with Gasteiger partial charge >= 0.3 is 6.03 Å². The van der Waals surface area contributed by atoms with E-state index in [4.69, 9.17) is 4.74 Å². The number of rotatable bonds is 8. The smallest absolute Gasteiger partial charge is 0.322 e. The van der Waals surface area contributed by atoms with Gasteiger partial charge in [-0.25, -0.2) is 4.79 Å². The van der Waals surface area contributed by atoms with Crippen molar-refractivity contribution < 1.29 is 14.3 Å². The van der Waals surface area contributed by atoms with Gasteiger partial charge in [0, 0.05) is 37.9 Å². The largest absolute Gasteiger partial charge is 0.494 e. The summed E-state index contributed by atoms with van der Waals surface area (Å²) in [7, 11) is 0. The van der Waals surface area contributed by atoms with Crippen LogP contribution in [0.4, 0.5) is 10.5 Å². The Morgan fingerprint density at radius 2 is 1.73 bits per heavy atom. The summed E-state index contributed by atoms with van der Waals surface area (Å²) in [4.78, 5) is 32.6. The molecule has 3 amide bonds. The highest BCUT2D eigenvalue weighted by atomic mass is 16.5. The Morgan fingerprint density at radius 3 is 2.40 bits per heavy atom. The summed E-state index contributed by atoms with van der Waals surface area (Å²) >= 11 is 0. The van der Waals surface area contributed by atoms with Crippen LogP contribution in [-0.4, -0.2) is 59.5 Å². The summed E-state index contributed by atoms with van der Waals surface area (Å²) in [5.41, 5.74) is 1.30. The van der Waals surface area contributed by atoms with Crippen molar-refractivity contribution in [1.82, 2.24) is 14.8 Å². The van der Waals surface area contributed by atoms with Gasteiger partial charge in [-0.2, -0.15) is 0 Å². The van der Waals surface area contributed by atoms with Gasteiger partial charge in [-0.05, 0) is 42.8 Å². The second-order valence-electron chi connectivity index (χ2n) is 7.38. The van der Waals surface area contributed by atoms with Gasteiger partial charge in [0.1, 0.15) is 5.75 Å². The van der Waals surface area contributed by atoms with Gasteiger partial charge in [0.25, 0.3) is 5.91 Å². The van der Waals surface area contributed by atoms with Crippen molar-refractivity contribution >= 4 is 17.6 Å². The minimum atomic E-state index is -0.171. The monoisotopic (exact) mass is 410 g/mol. The number of carbonyl (C=O) groups is 2. The summed E-state index contributed by atoms with van der Waals surface area (Å²) in [5, 5.41) is 2.83. The fourth-order valence-corrected chi connectivity index (χ4v) is 3.35. The Hall–Kier alpha value is -3.09. The molecule has 160 valence electrons. The highest BCUT2D eigenvalue weighted by molar-refractivity contribution is 5.94. The van der Waals surface area contributed by atoms with Gasteiger partial charge in [0.05, 0.1) is 18.5 Å². The van der Waals surface area contributed by atoms with Gasteiger partial charge in [-0.15, -0.1) is 0 Å². The van der Waals surface area contributed by atoms with E-state index < -0.39 is 0 Å². The second kappa shape index (κ2) is 11.2. The van der Waals surface area contributed by atoms with Crippen LogP contribution in [0.1, 0.15) is 43.0 Å². The maximum atomic E-state index is 12.8. The minimum Gasteiger partial charge on any atom is -0.494 e. The first-order chi connectivity index (χ1) is 14.7. The average molecular weight is 411 g/mol. The molecule has 1 fully saturated rings. The zero-order valence-corrected chi connectivity index (χ0v) is 17.5. The highest BCUT2D eigenvalue weighted by Crippen LogP contribution is 2.16. The first kappa shape index (κ1) is 21.6. The van der Waals surface area contributed by atoms with Crippen molar-refractivity contribution in [3.63, 3.8) is 0 Å². The van der Waals surface area contributed by atoms with Crippen LogP contribution in [0.3, 0.4) is 0 Å². The van der Waals surface area contributed by atoms with Crippen LogP contribution < -0.4 is 10.1 Å². The molecule has 1 aromatic carbocycles. The third-order valence-corrected chi connectivity index (χ3v) is 5.13. The van der Waals surface area contributed by atoms with Crippen molar-refractivity contribution in [2.75, 3.05) is 38.1 Å². The van der Waals surface area contributed by atoms with Crippen LogP contribution in [0.25, 0.3) is 0 Å². The highest BCUT2D eigenvalue weighted by Gasteiger charge is 2.25. The Morgan fingerprint density at radius 1 is 1.00 bits per heavy atom. The zero-order valence-electron chi connectivity index (χ0n) is 17.5. The molecule has 1 aliphatic heterocycles. The van der Waals surface area contributed by atoms with Gasteiger partial charge in [-0.1, -0.05) is 26.2 Å². The summed E-state index contributed by atoms with van der Waals surface area (Å²) in [6.45, 7) is 4.90. The molecule has 30 heavy (non-hydrogen) atoms. The molecule has 1 saturated heterocycles. The molecular formula is C23H30N4O3. The number of benzene rings is 1. The quantitative estimate of drug-likeness (QED) is 0.667. The fraction of sp³-hybridized carbons (Fsp3) is 0.435. The Kier molecular flexibility index (Phi) is 8.06. The molecule has 0 radical (unpaired) electrons. The molecule has 1 aromatic heterocycles. The first-order valence-corrected chi connectivity index (χ1v) is 10.7. The lowest BCUT2D eigenvalue weighted by atomic mass is 10.1. The number of aromatic nitrogens is 1. The van der Waals surface area contributed by atoms with E-state index in [-0.39, 0.29) is 11.9 Å². The molecule has 0 unspecified atom stereocenters. The lowest BCUT2D eigenvalue weighted by Crippen LogP contribution is -2.51. The molecule has 7 nitrogen and oxygen atoms in total. The first-order valence-electron chi connectivity index (χ1n) is 10.7. The van der Waals surface area contributed by atoms with E-state index in [1.807, 2.05) is 24.3 Å². The van der Waals surface area contributed by atoms with Gasteiger partial charge in [0.15, 0.2) is 0 Å². The number of urea groups is 1. The van der Waals surface area contributed by atoms with E-state index in [0.717, 1.165) is 12.2 Å². The molecule has 2 heterocycles. The number of unbranched alkanes of at least 4 members (excludes halogenated alkanes) is 3. The maximum Gasteiger partial charge on any atom is 0.322 e. The van der Waals surface area contributed by atoms with E-state index in [2.05, 4.69) is 17.2 Å². The van der Waals surface area contributed by atoms with Crippen LogP contribution in [0.15, 0.2) is 48.8 Å². The third kappa shape index (κ3) is 6.20. The van der Waals surface area contributed by atoms with E-state index in [1.54, 1.807) is 34.3 Å². The van der Waals surface area contributed by atoms with Gasteiger partial charge in [-0.3, -0.25) is 9.78 Å². The number of anilines is 1. The molecule has 2 aromatic rings. The molecule has 7 heteroatoms. The molecule has 0 atom stereocenters. The third-order valence-electron chi connectivity index (χ3n) is 5.13. The van der Waals surface area contributed by atoms with Crippen LogP contribution in [0.2, 0.25) is 0 Å². The molecule has 0 saturated carbocycles. The molecule has 0 bridgehead atoms. The molecular weight excluding hydrogens is 380 g/mol. The van der Waals surface area contributed by atoms with E-state index in [0.29, 0.717) is 44.0 Å². The van der Waals surface area contributed by atoms with Crippen LogP contribution in [0.5, 0.6) is 5.75 Å². The lowest BCUT2D eigenvalue weighted by molar-refractivity contribution is 0.0671. The number of hydrogen-bond donors (Lipinski definition) is 1. The maximum absolute atomic E-state index is 12.8. The minimum absolute atomic E-state index is 0.0168. The SMILES string of the molecule is CCCCCCOc1ccc(C(=O)N2CCN(C(=O)Nc3cccnc3)CC2)cc1. The second-order valence-corrected chi connectivity index (χ2v) is 7.38. The van der Waals surface area contributed by atoms with E-state index in [1.165, 1.54) is 19.3 Å². The summed E-state index contributed by atoms with van der Waals surface area (Å²) in [5.74, 6) is 0.775.